The predicted octanol–water partition coefficient (Wildman–Crippen LogP) is 2.16. The first-order valence-corrected chi connectivity index (χ1v) is 8.36. The summed E-state index contributed by atoms with van der Waals surface area (Å²) in [7, 11) is 1.51. The van der Waals surface area contributed by atoms with Gasteiger partial charge in [-0.15, -0.1) is 0 Å². The quantitative estimate of drug-likeness (QED) is 0.611. The Bertz CT molecular complexity index is 705. The fourth-order valence-electron chi connectivity index (χ4n) is 3.08. The summed E-state index contributed by atoms with van der Waals surface area (Å²) in [6.45, 7) is 3.47. The van der Waals surface area contributed by atoms with Crippen molar-refractivity contribution in [3.8, 4) is 5.75 Å². The van der Waals surface area contributed by atoms with Gasteiger partial charge in [-0.25, -0.2) is 0 Å². The van der Waals surface area contributed by atoms with Crippen LogP contribution in [0.15, 0.2) is 36.1 Å². The molecule has 3 atom stereocenters. The Balaban J connectivity index is 2.55. The molecule has 0 bridgehead atoms. The molecule has 0 fully saturated rings. The number of ether oxygens (including phenoxy) is 3. The molecule has 0 heterocycles. The van der Waals surface area contributed by atoms with Crippen LogP contribution >= 0.6 is 0 Å². The molecule has 2 rings (SSSR count). The van der Waals surface area contributed by atoms with E-state index in [4.69, 9.17) is 14.2 Å². The third kappa shape index (κ3) is 3.87. The lowest BCUT2D eigenvalue weighted by molar-refractivity contribution is -0.156. The minimum atomic E-state index is -1.24. The van der Waals surface area contributed by atoms with E-state index >= 15 is 0 Å². The second-order valence-corrected chi connectivity index (χ2v) is 5.73. The number of hydrogen-bond donors (Lipinski definition) is 1. The van der Waals surface area contributed by atoms with Crippen LogP contribution in [0.3, 0.4) is 0 Å². The molecule has 1 N–H and O–H groups in total. The normalized spacial score (nSPS) is 22.3. The minimum Gasteiger partial charge on any atom is -0.511 e. The second kappa shape index (κ2) is 8.51. The minimum absolute atomic E-state index is 0.0950. The van der Waals surface area contributed by atoms with Crippen LogP contribution in [0.5, 0.6) is 5.75 Å². The van der Waals surface area contributed by atoms with Crippen LogP contribution in [0.4, 0.5) is 0 Å². The lowest BCUT2D eigenvalue weighted by Gasteiger charge is -2.33. The zero-order valence-electron chi connectivity index (χ0n) is 14.9. The second-order valence-electron chi connectivity index (χ2n) is 5.73. The fraction of sp³-hybridized carbons (Fsp3) is 0.421. The maximum Gasteiger partial charge on any atom is 0.317 e. The number of ketones is 1. The van der Waals surface area contributed by atoms with Crippen molar-refractivity contribution in [3.63, 3.8) is 0 Å². The molecule has 0 saturated heterocycles. The predicted molar refractivity (Wildman–Crippen MR) is 91.7 cm³/mol. The Morgan fingerprint density at radius 2 is 1.54 bits per heavy atom. The first kappa shape index (κ1) is 19.5. The number of rotatable bonds is 6. The summed E-state index contributed by atoms with van der Waals surface area (Å²) >= 11 is 0. The lowest BCUT2D eigenvalue weighted by Crippen LogP contribution is -2.42. The molecule has 7 nitrogen and oxygen atoms in total. The summed E-state index contributed by atoms with van der Waals surface area (Å²) in [5.41, 5.74) is 0.523. The van der Waals surface area contributed by atoms with Crippen molar-refractivity contribution in [1.29, 1.82) is 0 Å². The van der Waals surface area contributed by atoms with Crippen LogP contribution in [0.25, 0.3) is 0 Å². The first-order chi connectivity index (χ1) is 12.4. The van der Waals surface area contributed by atoms with Crippen molar-refractivity contribution in [2.45, 2.75) is 19.8 Å². The number of benzene rings is 1. The third-order valence-electron chi connectivity index (χ3n) is 4.22. The Morgan fingerprint density at radius 3 is 2.04 bits per heavy atom. The summed E-state index contributed by atoms with van der Waals surface area (Å²) in [4.78, 5) is 37.3. The highest BCUT2D eigenvalue weighted by molar-refractivity contribution is 6.08. The zero-order chi connectivity index (χ0) is 19.3. The van der Waals surface area contributed by atoms with Gasteiger partial charge in [-0.1, -0.05) is 12.1 Å². The van der Waals surface area contributed by atoms with Gasteiger partial charge >= 0.3 is 11.9 Å². The molecule has 0 aromatic heterocycles. The zero-order valence-corrected chi connectivity index (χ0v) is 14.9. The molecule has 1 aromatic rings. The summed E-state index contributed by atoms with van der Waals surface area (Å²) in [6.07, 6.45) is 0.906. The SMILES string of the molecule is CCOC(=O)[C@H]1C(=O)C=C(O)[C@H](C(=O)OCC)[C@@H]1c1ccc(OC)cc1. The van der Waals surface area contributed by atoms with E-state index in [2.05, 4.69) is 0 Å². The molecule has 0 aliphatic heterocycles. The van der Waals surface area contributed by atoms with Crippen molar-refractivity contribution in [2.24, 2.45) is 11.8 Å². The number of esters is 2. The average Bonchev–Trinajstić information content (AvgIpc) is 2.61. The van der Waals surface area contributed by atoms with Gasteiger partial charge in [-0.3, -0.25) is 14.4 Å². The van der Waals surface area contributed by atoms with Crippen molar-refractivity contribution < 1.29 is 33.7 Å². The van der Waals surface area contributed by atoms with Crippen LogP contribution in [-0.2, 0) is 23.9 Å². The monoisotopic (exact) mass is 362 g/mol. The van der Waals surface area contributed by atoms with Crippen molar-refractivity contribution >= 4 is 17.7 Å². The van der Waals surface area contributed by atoms with E-state index in [1.807, 2.05) is 0 Å². The van der Waals surface area contributed by atoms with Gasteiger partial charge < -0.3 is 19.3 Å². The Morgan fingerprint density at radius 1 is 1.00 bits per heavy atom. The van der Waals surface area contributed by atoms with Crippen LogP contribution < -0.4 is 4.74 Å². The van der Waals surface area contributed by atoms with Crippen LogP contribution in [0, 0.1) is 11.8 Å². The number of hydrogen-bond acceptors (Lipinski definition) is 7. The molecule has 0 radical (unpaired) electrons. The maximum atomic E-state index is 12.4. The van der Waals surface area contributed by atoms with E-state index in [0.717, 1.165) is 6.08 Å². The highest BCUT2D eigenvalue weighted by Crippen LogP contribution is 2.41. The van der Waals surface area contributed by atoms with E-state index in [1.165, 1.54) is 7.11 Å². The summed E-state index contributed by atoms with van der Waals surface area (Å²) < 4.78 is 15.2. The third-order valence-corrected chi connectivity index (χ3v) is 4.22. The van der Waals surface area contributed by atoms with Gasteiger partial charge in [0.05, 0.1) is 20.3 Å². The van der Waals surface area contributed by atoms with Gasteiger partial charge in [-0.05, 0) is 31.5 Å². The Labute approximate surface area is 151 Å². The van der Waals surface area contributed by atoms with E-state index in [0.29, 0.717) is 11.3 Å². The summed E-state index contributed by atoms with van der Waals surface area (Å²) in [5.74, 6) is -5.24. The molecule has 140 valence electrons. The standard InChI is InChI=1S/C19H22O7/c1-4-25-18(22)16-13(20)10-14(21)17(19(23)26-5-2)15(16)11-6-8-12(24-3)9-7-11/h6-10,15-17,20H,4-5H2,1-3H3/t15-,16-,17-/m0/s1. The largest absolute Gasteiger partial charge is 0.511 e. The number of allylic oxidation sites excluding steroid dienone is 1. The van der Waals surface area contributed by atoms with E-state index in [1.54, 1.807) is 38.1 Å². The Hall–Kier alpha value is -2.83. The van der Waals surface area contributed by atoms with Gasteiger partial charge in [0.2, 0.25) is 0 Å². The first-order valence-electron chi connectivity index (χ1n) is 8.36. The molecule has 0 spiro atoms. The number of methoxy groups -OCH3 is 1. The van der Waals surface area contributed by atoms with Crippen molar-refractivity contribution in [3.05, 3.63) is 41.7 Å². The van der Waals surface area contributed by atoms with Gasteiger partial charge in [0, 0.05) is 12.0 Å². The number of carbonyl (C=O) groups is 3. The van der Waals surface area contributed by atoms with Gasteiger partial charge in [0.1, 0.15) is 23.3 Å². The summed E-state index contributed by atoms with van der Waals surface area (Å²) in [6, 6.07) is 6.60. The van der Waals surface area contributed by atoms with E-state index < -0.39 is 41.2 Å². The number of aliphatic hydroxyl groups excluding tert-OH is 1. The average molecular weight is 362 g/mol. The molecule has 1 aliphatic carbocycles. The van der Waals surface area contributed by atoms with Gasteiger partial charge in [0.25, 0.3) is 0 Å². The highest BCUT2D eigenvalue weighted by Gasteiger charge is 2.49. The Kier molecular flexibility index (Phi) is 6.38. The molecule has 0 amide bonds. The smallest absolute Gasteiger partial charge is 0.317 e. The molecule has 26 heavy (non-hydrogen) atoms. The highest BCUT2D eigenvalue weighted by atomic mass is 16.5. The lowest BCUT2D eigenvalue weighted by atomic mass is 9.70. The number of carbonyl (C=O) groups excluding carboxylic acids is 3. The fourth-order valence-corrected chi connectivity index (χ4v) is 3.08. The molecule has 7 heteroatoms. The van der Waals surface area contributed by atoms with Crippen molar-refractivity contribution in [2.75, 3.05) is 20.3 Å². The molecule has 0 unspecified atom stereocenters. The topological polar surface area (TPSA) is 99.1 Å². The van der Waals surface area contributed by atoms with Crippen LogP contribution in [-0.4, -0.2) is 43.2 Å². The molecule has 0 saturated carbocycles. The van der Waals surface area contributed by atoms with Crippen molar-refractivity contribution in [1.82, 2.24) is 0 Å². The van der Waals surface area contributed by atoms with E-state index in [-0.39, 0.29) is 13.2 Å². The summed E-state index contributed by atoms with van der Waals surface area (Å²) in [5, 5.41) is 10.3. The van der Waals surface area contributed by atoms with E-state index in [9.17, 15) is 19.5 Å². The maximum absolute atomic E-state index is 12.4. The number of aliphatic hydroxyl groups is 1. The molecule has 1 aliphatic rings. The van der Waals surface area contributed by atoms with Gasteiger partial charge in [-0.2, -0.15) is 0 Å². The molecular weight excluding hydrogens is 340 g/mol. The van der Waals surface area contributed by atoms with Gasteiger partial charge in [0.15, 0.2) is 5.78 Å². The van der Waals surface area contributed by atoms with Crippen LogP contribution in [0.2, 0.25) is 0 Å². The molecule has 1 aromatic carbocycles. The molecular formula is C19H22O7. The van der Waals surface area contributed by atoms with Crippen LogP contribution in [0.1, 0.15) is 25.3 Å².